The largest absolute Gasteiger partial charge is 0.283 e. The second kappa shape index (κ2) is 4.91. The Labute approximate surface area is 116 Å². The third-order valence-electron chi connectivity index (χ3n) is 3.02. The number of aromatic nitrogens is 2. The van der Waals surface area contributed by atoms with Crippen molar-refractivity contribution in [2.45, 2.75) is 53.9 Å². The molecule has 0 saturated heterocycles. The smallest absolute Gasteiger partial charge is 0.234 e. The molecular weight excluding hydrogens is 238 g/mol. The molecule has 4 nitrogen and oxygen atoms in total. The highest BCUT2D eigenvalue weighted by Crippen LogP contribution is 2.26. The number of hydrogen-bond acceptors (Lipinski definition) is 3. The summed E-state index contributed by atoms with van der Waals surface area (Å²) >= 11 is 0. The van der Waals surface area contributed by atoms with Crippen LogP contribution in [0, 0.1) is 12.3 Å². The lowest BCUT2D eigenvalue weighted by atomic mass is 9.87. The van der Waals surface area contributed by atoms with Gasteiger partial charge in [0.15, 0.2) is 0 Å². The molecule has 1 heterocycles. The topological polar surface area (TPSA) is 46.1 Å². The highest BCUT2D eigenvalue weighted by Gasteiger charge is 2.28. The molecule has 0 aliphatic rings. The maximum absolute atomic E-state index is 12.2. The van der Waals surface area contributed by atoms with E-state index in [1.807, 2.05) is 33.9 Å². The Morgan fingerprint density at radius 3 is 2.05 bits per heavy atom. The van der Waals surface area contributed by atoms with Gasteiger partial charge in [-0.2, -0.15) is 0 Å². The maximum Gasteiger partial charge on any atom is 0.234 e. The first-order chi connectivity index (χ1) is 8.44. The van der Waals surface area contributed by atoms with Gasteiger partial charge in [0.2, 0.25) is 11.9 Å². The quantitative estimate of drug-likeness (QED) is 0.782. The number of carbonyl (C=O) groups is 1. The minimum absolute atomic E-state index is 0.00915. The molecule has 0 aliphatic heterocycles. The second-order valence-corrected chi connectivity index (χ2v) is 7.03. The summed E-state index contributed by atoms with van der Waals surface area (Å²) in [4.78, 5) is 22.5. The number of hydrogen-bond donors (Lipinski definition) is 0. The van der Waals surface area contributed by atoms with Gasteiger partial charge in [0.05, 0.1) is 0 Å². The van der Waals surface area contributed by atoms with Crippen LogP contribution in [0.15, 0.2) is 6.20 Å². The summed E-state index contributed by atoms with van der Waals surface area (Å²) in [5, 5.41) is 0. The normalized spacial score (nSPS) is 12.4. The second-order valence-electron chi connectivity index (χ2n) is 7.03. The van der Waals surface area contributed by atoms with Crippen molar-refractivity contribution < 1.29 is 4.79 Å². The lowest BCUT2D eigenvalue weighted by molar-refractivity contribution is -0.125. The Hall–Kier alpha value is -1.45. The van der Waals surface area contributed by atoms with E-state index in [0.717, 1.165) is 11.3 Å². The van der Waals surface area contributed by atoms with E-state index in [1.165, 1.54) is 4.90 Å². The van der Waals surface area contributed by atoms with Crippen LogP contribution in [0.3, 0.4) is 0 Å². The molecule has 0 aromatic carbocycles. The van der Waals surface area contributed by atoms with Crippen molar-refractivity contribution in [3.63, 3.8) is 0 Å². The van der Waals surface area contributed by atoms with Gasteiger partial charge < -0.3 is 0 Å². The predicted octanol–water partition coefficient (Wildman–Crippen LogP) is 3.09. The van der Waals surface area contributed by atoms with Crippen molar-refractivity contribution in [3.8, 4) is 0 Å². The fourth-order valence-electron chi connectivity index (χ4n) is 1.95. The van der Waals surface area contributed by atoms with Crippen LogP contribution in [0.4, 0.5) is 5.95 Å². The molecule has 0 N–H and O–H groups in total. The van der Waals surface area contributed by atoms with Crippen molar-refractivity contribution in [1.29, 1.82) is 0 Å². The Morgan fingerprint density at radius 2 is 1.68 bits per heavy atom. The van der Waals surface area contributed by atoms with Gasteiger partial charge >= 0.3 is 0 Å². The van der Waals surface area contributed by atoms with Crippen LogP contribution < -0.4 is 4.90 Å². The zero-order valence-electron chi connectivity index (χ0n) is 13.3. The van der Waals surface area contributed by atoms with Gasteiger partial charge in [-0.05, 0) is 17.9 Å². The summed E-state index contributed by atoms with van der Waals surface area (Å²) in [5.74, 6) is 0.473. The molecular formula is C15H25N3O. The Balaban J connectivity index is 3.12. The summed E-state index contributed by atoms with van der Waals surface area (Å²) in [6.45, 7) is 14.0. The van der Waals surface area contributed by atoms with E-state index in [2.05, 4.69) is 30.7 Å². The van der Waals surface area contributed by atoms with Crippen LogP contribution in [0.25, 0.3) is 0 Å². The summed E-state index contributed by atoms with van der Waals surface area (Å²) < 4.78 is 0. The molecule has 0 spiro atoms. The zero-order chi connectivity index (χ0) is 15.0. The zero-order valence-corrected chi connectivity index (χ0v) is 13.3. The average molecular weight is 263 g/mol. The highest BCUT2D eigenvalue weighted by molar-refractivity contribution is 5.94. The Morgan fingerprint density at radius 1 is 1.16 bits per heavy atom. The van der Waals surface area contributed by atoms with Crippen LogP contribution in [0.5, 0.6) is 0 Å². The van der Waals surface area contributed by atoms with Gasteiger partial charge in [-0.15, -0.1) is 0 Å². The van der Waals surface area contributed by atoms with Crippen molar-refractivity contribution in [2.24, 2.45) is 5.41 Å². The summed E-state index contributed by atoms with van der Waals surface area (Å²) in [6, 6.07) is 0. The van der Waals surface area contributed by atoms with E-state index >= 15 is 0 Å². The van der Waals surface area contributed by atoms with Crippen LogP contribution in [-0.4, -0.2) is 22.9 Å². The van der Waals surface area contributed by atoms with Crippen LogP contribution in [0.1, 0.15) is 52.8 Å². The van der Waals surface area contributed by atoms with E-state index in [-0.39, 0.29) is 11.3 Å². The summed E-state index contributed by atoms with van der Waals surface area (Å²) in [7, 11) is 1.72. The maximum atomic E-state index is 12.2. The van der Waals surface area contributed by atoms with E-state index < -0.39 is 5.41 Å². The molecule has 0 radical (unpaired) electrons. The number of carbonyl (C=O) groups excluding carboxylic acids is 1. The predicted molar refractivity (Wildman–Crippen MR) is 78.3 cm³/mol. The molecule has 0 saturated carbocycles. The molecule has 0 fully saturated rings. The lowest BCUT2D eigenvalue weighted by Gasteiger charge is -2.26. The third kappa shape index (κ3) is 3.52. The highest BCUT2D eigenvalue weighted by atomic mass is 16.2. The molecule has 0 unspecified atom stereocenters. The van der Waals surface area contributed by atoms with Gasteiger partial charge in [-0.3, -0.25) is 9.69 Å². The molecule has 0 bridgehead atoms. The molecule has 4 heteroatoms. The van der Waals surface area contributed by atoms with Crippen molar-refractivity contribution in [3.05, 3.63) is 17.5 Å². The molecule has 0 atom stereocenters. The molecule has 1 aromatic heterocycles. The number of amides is 1. The lowest BCUT2D eigenvalue weighted by Crippen LogP contribution is -2.37. The van der Waals surface area contributed by atoms with Crippen molar-refractivity contribution in [2.75, 3.05) is 11.9 Å². The SMILES string of the molecule is Cc1nc(N(C)C(=O)C(C)(C)C)ncc1C(C)(C)C. The average Bonchev–Trinajstić information content (AvgIpc) is 2.23. The van der Waals surface area contributed by atoms with Crippen LogP contribution in [0.2, 0.25) is 0 Å². The third-order valence-corrected chi connectivity index (χ3v) is 3.02. The molecule has 1 amide bonds. The van der Waals surface area contributed by atoms with E-state index in [0.29, 0.717) is 5.95 Å². The standard InChI is InChI=1S/C15H25N3O/c1-10-11(14(2,3)4)9-16-13(17-10)18(8)12(19)15(5,6)7/h9H,1-8H3. The summed E-state index contributed by atoms with van der Waals surface area (Å²) in [5.41, 5.74) is 1.60. The molecule has 106 valence electrons. The van der Waals surface area contributed by atoms with Gasteiger partial charge in [0, 0.05) is 24.4 Å². The van der Waals surface area contributed by atoms with Crippen LogP contribution >= 0.6 is 0 Å². The molecule has 1 aromatic rings. The Bertz CT molecular complexity index is 481. The molecule has 19 heavy (non-hydrogen) atoms. The Kier molecular flexibility index (Phi) is 4.03. The first kappa shape index (κ1) is 15.6. The van der Waals surface area contributed by atoms with Gasteiger partial charge in [-0.1, -0.05) is 41.5 Å². The van der Waals surface area contributed by atoms with Crippen LogP contribution in [-0.2, 0) is 10.2 Å². The number of nitrogens with zero attached hydrogens (tertiary/aromatic N) is 3. The first-order valence-electron chi connectivity index (χ1n) is 6.57. The summed E-state index contributed by atoms with van der Waals surface area (Å²) in [6.07, 6.45) is 1.82. The number of rotatable bonds is 1. The van der Waals surface area contributed by atoms with E-state index in [4.69, 9.17) is 0 Å². The monoisotopic (exact) mass is 263 g/mol. The van der Waals surface area contributed by atoms with Gasteiger partial charge in [0.1, 0.15) is 0 Å². The van der Waals surface area contributed by atoms with E-state index in [9.17, 15) is 4.79 Å². The van der Waals surface area contributed by atoms with Crippen molar-refractivity contribution in [1.82, 2.24) is 9.97 Å². The van der Waals surface area contributed by atoms with Gasteiger partial charge in [0.25, 0.3) is 0 Å². The molecule has 1 rings (SSSR count). The molecule has 0 aliphatic carbocycles. The van der Waals surface area contributed by atoms with E-state index in [1.54, 1.807) is 7.05 Å². The number of anilines is 1. The van der Waals surface area contributed by atoms with Crippen molar-refractivity contribution >= 4 is 11.9 Å². The number of aryl methyl sites for hydroxylation is 1. The minimum Gasteiger partial charge on any atom is -0.283 e. The first-order valence-corrected chi connectivity index (χ1v) is 6.57. The minimum atomic E-state index is -0.436. The fraction of sp³-hybridized carbons (Fsp3) is 0.667. The van der Waals surface area contributed by atoms with Gasteiger partial charge in [-0.25, -0.2) is 9.97 Å². The fourth-order valence-corrected chi connectivity index (χ4v) is 1.95.